The first-order valence-corrected chi connectivity index (χ1v) is 12.1. The zero-order valence-corrected chi connectivity index (χ0v) is 19.0. The number of benzene rings is 1. The lowest BCUT2D eigenvalue weighted by Gasteiger charge is -2.36. The summed E-state index contributed by atoms with van der Waals surface area (Å²) in [5.74, 6) is -0.217. The molecular weight excluding hydrogens is 427 g/mol. The van der Waals surface area contributed by atoms with Crippen molar-refractivity contribution in [3.05, 3.63) is 52.3 Å². The van der Waals surface area contributed by atoms with Crippen LogP contribution in [0.5, 0.6) is 0 Å². The summed E-state index contributed by atoms with van der Waals surface area (Å²) in [5, 5.41) is 5.58. The molecule has 0 N–H and O–H groups in total. The van der Waals surface area contributed by atoms with E-state index < -0.39 is 0 Å². The molecule has 2 saturated heterocycles. The van der Waals surface area contributed by atoms with E-state index in [1.54, 1.807) is 17.0 Å². The molecule has 5 rings (SSSR count). The fraction of sp³-hybridized carbons (Fsp3) is 0.458. The van der Waals surface area contributed by atoms with Crippen molar-refractivity contribution in [3.63, 3.8) is 0 Å². The Morgan fingerprint density at radius 1 is 1.09 bits per heavy atom. The van der Waals surface area contributed by atoms with Gasteiger partial charge in [-0.25, -0.2) is 4.39 Å². The summed E-state index contributed by atoms with van der Waals surface area (Å²) in [6, 6.07) is 7.95. The predicted molar refractivity (Wildman–Crippen MR) is 122 cm³/mol. The molecular formula is C24H27FN4O2S. The van der Waals surface area contributed by atoms with E-state index in [1.807, 2.05) is 22.6 Å². The zero-order chi connectivity index (χ0) is 22.2. The monoisotopic (exact) mass is 454 g/mol. The molecule has 1 atom stereocenters. The van der Waals surface area contributed by atoms with Crippen molar-refractivity contribution >= 4 is 33.4 Å². The normalized spacial score (nSPS) is 19.1. The standard InChI is InChI=1S/C24H27FN4O2S/c1-16-19-14-21(32-24(19)29(26-16)15-17-7-9-18(25)10-8-17)23(31)28-13-3-2-6-20(28)22(30)27-11-4-5-12-27/h7-10,14,20H,2-6,11-13,15H2,1H3. The molecule has 0 spiro atoms. The minimum Gasteiger partial charge on any atom is -0.341 e. The second-order valence-corrected chi connectivity index (χ2v) is 9.77. The average molecular weight is 455 g/mol. The highest BCUT2D eigenvalue weighted by Gasteiger charge is 2.36. The van der Waals surface area contributed by atoms with E-state index in [-0.39, 0.29) is 23.7 Å². The molecule has 2 amide bonds. The quantitative estimate of drug-likeness (QED) is 0.593. The third-order valence-corrected chi connectivity index (χ3v) is 7.67. The van der Waals surface area contributed by atoms with Gasteiger partial charge in [-0.1, -0.05) is 12.1 Å². The van der Waals surface area contributed by atoms with Crippen molar-refractivity contribution in [3.8, 4) is 0 Å². The first-order valence-electron chi connectivity index (χ1n) is 11.3. The van der Waals surface area contributed by atoms with Crippen molar-refractivity contribution in [2.75, 3.05) is 19.6 Å². The van der Waals surface area contributed by atoms with Gasteiger partial charge < -0.3 is 9.80 Å². The topological polar surface area (TPSA) is 58.4 Å². The first kappa shape index (κ1) is 21.1. The molecule has 0 radical (unpaired) electrons. The van der Waals surface area contributed by atoms with Crippen molar-refractivity contribution < 1.29 is 14.0 Å². The van der Waals surface area contributed by atoms with E-state index in [0.717, 1.165) is 66.7 Å². The molecule has 2 aliphatic rings. The highest BCUT2D eigenvalue weighted by atomic mass is 32.1. The molecule has 0 aliphatic carbocycles. The molecule has 3 aromatic rings. The maximum atomic E-state index is 13.5. The molecule has 0 saturated carbocycles. The molecule has 0 bridgehead atoms. The maximum absolute atomic E-state index is 13.5. The number of thiophene rings is 1. The van der Waals surface area contributed by atoms with Crippen LogP contribution >= 0.6 is 11.3 Å². The van der Waals surface area contributed by atoms with Crippen molar-refractivity contribution in [1.82, 2.24) is 19.6 Å². The van der Waals surface area contributed by atoms with Gasteiger partial charge >= 0.3 is 0 Å². The third kappa shape index (κ3) is 3.92. The number of nitrogens with zero attached hydrogens (tertiary/aromatic N) is 4. The van der Waals surface area contributed by atoms with Crippen LogP contribution in [0.1, 0.15) is 53.0 Å². The predicted octanol–water partition coefficient (Wildman–Crippen LogP) is 4.21. The van der Waals surface area contributed by atoms with Crippen LogP contribution in [0.25, 0.3) is 10.2 Å². The molecule has 6 nitrogen and oxygen atoms in total. The van der Waals surface area contributed by atoms with E-state index in [9.17, 15) is 14.0 Å². The lowest BCUT2D eigenvalue weighted by atomic mass is 10.0. The lowest BCUT2D eigenvalue weighted by molar-refractivity contribution is -0.136. The average Bonchev–Trinajstić information content (AvgIpc) is 3.54. The third-order valence-electron chi connectivity index (χ3n) is 6.53. The summed E-state index contributed by atoms with van der Waals surface area (Å²) in [5.41, 5.74) is 1.81. The Morgan fingerprint density at radius 3 is 2.56 bits per heavy atom. The second-order valence-electron chi connectivity index (χ2n) is 8.74. The van der Waals surface area contributed by atoms with Crippen molar-refractivity contribution in [2.24, 2.45) is 0 Å². The highest BCUT2D eigenvalue weighted by Crippen LogP contribution is 2.32. The van der Waals surface area contributed by atoms with Crippen LogP contribution in [-0.4, -0.2) is 57.1 Å². The van der Waals surface area contributed by atoms with Gasteiger partial charge in [0.25, 0.3) is 5.91 Å². The Labute approximate surface area is 190 Å². The van der Waals surface area contributed by atoms with Crippen LogP contribution in [0.3, 0.4) is 0 Å². The van der Waals surface area contributed by atoms with Gasteiger partial charge in [-0.3, -0.25) is 14.3 Å². The van der Waals surface area contributed by atoms with Gasteiger partial charge in [-0.2, -0.15) is 5.10 Å². The number of hydrogen-bond donors (Lipinski definition) is 0. The molecule has 168 valence electrons. The Morgan fingerprint density at radius 2 is 1.81 bits per heavy atom. The van der Waals surface area contributed by atoms with E-state index in [2.05, 4.69) is 5.10 Å². The van der Waals surface area contributed by atoms with Crippen LogP contribution in [0.4, 0.5) is 4.39 Å². The van der Waals surface area contributed by atoms with Gasteiger partial charge in [-0.15, -0.1) is 11.3 Å². The summed E-state index contributed by atoms with van der Waals surface area (Å²) in [6.07, 6.45) is 4.74. The Bertz CT molecular complexity index is 1150. The van der Waals surface area contributed by atoms with Crippen LogP contribution < -0.4 is 0 Å². The van der Waals surface area contributed by atoms with E-state index in [4.69, 9.17) is 0 Å². The number of piperidine rings is 1. The summed E-state index contributed by atoms with van der Waals surface area (Å²) in [6.45, 7) is 4.68. The number of hydrogen-bond acceptors (Lipinski definition) is 4. The highest BCUT2D eigenvalue weighted by molar-refractivity contribution is 7.20. The van der Waals surface area contributed by atoms with Crippen LogP contribution in [0.2, 0.25) is 0 Å². The molecule has 2 fully saturated rings. The SMILES string of the molecule is Cc1nn(Cc2ccc(F)cc2)c2sc(C(=O)N3CCCCC3C(=O)N3CCCC3)cc12. The Balaban J connectivity index is 1.41. The fourth-order valence-electron chi connectivity index (χ4n) is 4.81. The van der Waals surface area contributed by atoms with Gasteiger partial charge in [0.1, 0.15) is 16.7 Å². The van der Waals surface area contributed by atoms with Crippen molar-refractivity contribution in [2.45, 2.75) is 51.6 Å². The van der Waals surface area contributed by atoms with Crippen molar-refractivity contribution in [1.29, 1.82) is 0 Å². The smallest absolute Gasteiger partial charge is 0.264 e. The number of carbonyl (C=O) groups is 2. The number of rotatable bonds is 4. The summed E-state index contributed by atoms with van der Waals surface area (Å²) >= 11 is 1.43. The number of amides is 2. The first-order chi connectivity index (χ1) is 15.5. The summed E-state index contributed by atoms with van der Waals surface area (Å²) in [7, 11) is 0. The minimum absolute atomic E-state index is 0.0591. The number of carbonyl (C=O) groups excluding carboxylic acids is 2. The molecule has 1 aromatic carbocycles. The Hall–Kier alpha value is -2.74. The minimum atomic E-state index is -0.351. The number of aromatic nitrogens is 2. The maximum Gasteiger partial charge on any atom is 0.264 e. The van der Waals surface area contributed by atoms with E-state index in [1.165, 1.54) is 23.5 Å². The molecule has 4 heterocycles. The molecule has 2 aromatic heterocycles. The summed E-state index contributed by atoms with van der Waals surface area (Å²) < 4.78 is 15.1. The van der Waals surface area contributed by atoms with Gasteiger partial charge in [0.2, 0.25) is 5.91 Å². The molecule has 2 aliphatic heterocycles. The largest absolute Gasteiger partial charge is 0.341 e. The van der Waals surface area contributed by atoms with Gasteiger partial charge in [0.15, 0.2) is 0 Å². The van der Waals surface area contributed by atoms with Crippen LogP contribution in [0, 0.1) is 12.7 Å². The number of likely N-dealkylation sites (tertiary alicyclic amines) is 2. The van der Waals surface area contributed by atoms with E-state index in [0.29, 0.717) is 18.0 Å². The van der Waals surface area contributed by atoms with E-state index >= 15 is 0 Å². The van der Waals surface area contributed by atoms with Crippen LogP contribution in [0.15, 0.2) is 30.3 Å². The van der Waals surface area contributed by atoms with Gasteiger partial charge in [-0.05, 0) is 62.8 Å². The fourth-order valence-corrected chi connectivity index (χ4v) is 5.93. The van der Waals surface area contributed by atoms with Gasteiger partial charge in [0.05, 0.1) is 17.1 Å². The molecule has 32 heavy (non-hydrogen) atoms. The molecule has 8 heteroatoms. The zero-order valence-electron chi connectivity index (χ0n) is 18.2. The lowest BCUT2D eigenvalue weighted by Crippen LogP contribution is -2.52. The number of aryl methyl sites for hydroxylation is 1. The van der Waals surface area contributed by atoms with Gasteiger partial charge in [0, 0.05) is 25.0 Å². The van der Waals surface area contributed by atoms with Crippen LogP contribution in [-0.2, 0) is 11.3 Å². The molecule has 1 unspecified atom stereocenters. The summed E-state index contributed by atoms with van der Waals surface area (Å²) in [4.78, 5) is 31.9. The number of halogens is 1. The second kappa shape index (κ2) is 8.65. The Kier molecular flexibility index (Phi) is 5.71. The number of fused-ring (bicyclic) bond motifs is 1.